The van der Waals surface area contributed by atoms with E-state index < -0.39 is 29.3 Å². The largest absolute Gasteiger partial charge is 0.444 e. The summed E-state index contributed by atoms with van der Waals surface area (Å²) in [6.07, 6.45) is -0.438. The van der Waals surface area contributed by atoms with E-state index in [-0.39, 0.29) is 24.3 Å². The van der Waals surface area contributed by atoms with Gasteiger partial charge in [0.25, 0.3) is 0 Å². The Morgan fingerprint density at radius 2 is 1.43 bits per heavy atom. The number of ether oxygens (including phenoxy) is 1. The highest BCUT2D eigenvalue weighted by atomic mass is 16.6. The molecule has 7 heteroatoms. The van der Waals surface area contributed by atoms with Gasteiger partial charge in [-0.1, -0.05) is 60.2 Å². The normalized spacial score (nSPS) is 13.5. The van der Waals surface area contributed by atoms with Crippen LogP contribution in [0.5, 0.6) is 0 Å². The first kappa shape index (κ1) is 29.9. The number of hydrogen-bond donors (Lipinski definition) is 2. The van der Waals surface area contributed by atoms with Gasteiger partial charge >= 0.3 is 6.09 Å². The van der Waals surface area contributed by atoms with Gasteiger partial charge in [0.15, 0.2) is 0 Å². The number of carbonyl (C=O) groups is 3. The smallest absolute Gasteiger partial charge is 0.408 e. The van der Waals surface area contributed by atoms with E-state index >= 15 is 0 Å². The molecule has 2 unspecified atom stereocenters. The number of alkyl carbamates (subject to hydrolysis) is 1. The third-order valence-corrected chi connectivity index (χ3v) is 5.56. The minimum absolute atomic E-state index is 0.114. The highest BCUT2D eigenvalue weighted by Crippen LogP contribution is 2.31. The lowest BCUT2D eigenvalue weighted by Crippen LogP contribution is -2.59. The van der Waals surface area contributed by atoms with Gasteiger partial charge in [0.2, 0.25) is 11.8 Å². The Morgan fingerprint density at radius 3 is 1.92 bits per heavy atom. The molecule has 0 fully saturated rings. The highest BCUT2D eigenvalue weighted by Gasteiger charge is 2.42. The summed E-state index contributed by atoms with van der Waals surface area (Å²) in [6, 6.07) is 15.1. The van der Waals surface area contributed by atoms with Gasteiger partial charge in [-0.15, -0.1) is 0 Å². The summed E-state index contributed by atoms with van der Waals surface area (Å²) in [5, 5.41) is 5.76. The van der Waals surface area contributed by atoms with Crippen LogP contribution < -0.4 is 10.6 Å². The Hall–Kier alpha value is -3.35. The fourth-order valence-corrected chi connectivity index (χ4v) is 4.04. The number of hydrogen-bond acceptors (Lipinski definition) is 4. The molecule has 0 aliphatic carbocycles. The van der Waals surface area contributed by atoms with E-state index in [0.29, 0.717) is 5.56 Å². The van der Waals surface area contributed by atoms with Crippen molar-refractivity contribution in [1.82, 2.24) is 15.5 Å². The van der Waals surface area contributed by atoms with Crippen LogP contribution in [0.4, 0.5) is 4.79 Å². The van der Waals surface area contributed by atoms with Crippen LogP contribution in [0.3, 0.4) is 0 Å². The molecule has 0 bridgehead atoms. The van der Waals surface area contributed by atoms with Crippen LogP contribution in [0.1, 0.15) is 78.1 Å². The second-order valence-electron chi connectivity index (χ2n) is 11.7. The lowest BCUT2D eigenvalue weighted by molar-refractivity contribution is -0.148. The van der Waals surface area contributed by atoms with E-state index in [0.717, 1.165) is 11.1 Å². The lowest BCUT2D eigenvalue weighted by Gasteiger charge is -2.43. The second kappa shape index (κ2) is 12.3. The molecule has 0 saturated carbocycles. The number of nitrogens with zero attached hydrogens (tertiary/aromatic N) is 1. The van der Waals surface area contributed by atoms with Crippen molar-refractivity contribution >= 4 is 17.9 Å². The minimum Gasteiger partial charge on any atom is -0.444 e. The Labute approximate surface area is 222 Å². The molecule has 2 aromatic carbocycles. The lowest BCUT2D eigenvalue weighted by atomic mass is 9.93. The SMILES string of the molecule is Cc1ccc(C(C(=O)NC(C)C)N(C(=O)C(Cc2ccccc2)NC(=O)OC(C)(C)C)C(C)(C)C)cc1. The van der Waals surface area contributed by atoms with E-state index in [1.165, 1.54) is 0 Å². The minimum atomic E-state index is -0.948. The first-order valence-corrected chi connectivity index (χ1v) is 12.8. The summed E-state index contributed by atoms with van der Waals surface area (Å²) < 4.78 is 5.48. The fourth-order valence-electron chi connectivity index (χ4n) is 4.04. The molecule has 0 saturated heterocycles. The summed E-state index contributed by atoms with van der Waals surface area (Å²) in [4.78, 5) is 42.3. The molecule has 0 spiro atoms. The zero-order chi connectivity index (χ0) is 28.0. The Balaban J connectivity index is 2.58. The molecule has 2 aromatic rings. The van der Waals surface area contributed by atoms with Crippen LogP contribution in [0.25, 0.3) is 0 Å². The quantitative estimate of drug-likeness (QED) is 0.504. The van der Waals surface area contributed by atoms with Gasteiger partial charge in [0, 0.05) is 18.0 Å². The maximum atomic E-state index is 14.3. The van der Waals surface area contributed by atoms with Gasteiger partial charge in [-0.25, -0.2) is 4.79 Å². The van der Waals surface area contributed by atoms with E-state index in [1.54, 1.807) is 25.7 Å². The van der Waals surface area contributed by atoms with Crippen LogP contribution >= 0.6 is 0 Å². The molecule has 2 N–H and O–H groups in total. The topological polar surface area (TPSA) is 87.7 Å². The molecule has 0 aromatic heterocycles. The van der Waals surface area contributed by atoms with Gasteiger partial charge in [-0.2, -0.15) is 0 Å². The molecule has 2 rings (SSSR count). The molecule has 7 nitrogen and oxygen atoms in total. The van der Waals surface area contributed by atoms with Crippen molar-refractivity contribution in [2.24, 2.45) is 0 Å². The van der Waals surface area contributed by atoms with Gasteiger partial charge < -0.3 is 20.3 Å². The van der Waals surface area contributed by atoms with Crippen molar-refractivity contribution in [2.75, 3.05) is 0 Å². The van der Waals surface area contributed by atoms with Crippen molar-refractivity contribution in [3.8, 4) is 0 Å². The molecule has 37 heavy (non-hydrogen) atoms. The van der Waals surface area contributed by atoms with Crippen LogP contribution in [0.15, 0.2) is 54.6 Å². The molecule has 0 heterocycles. The Kier molecular flexibility index (Phi) is 9.90. The first-order valence-electron chi connectivity index (χ1n) is 12.8. The summed E-state index contributed by atoms with van der Waals surface area (Å²) >= 11 is 0. The highest BCUT2D eigenvalue weighted by molar-refractivity contribution is 5.93. The number of aryl methyl sites for hydroxylation is 1. The molecule has 2 atom stereocenters. The Bertz CT molecular complexity index is 1050. The van der Waals surface area contributed by atoms with Crippen LogP contribution in [0.2, 0.25) is 0 Å². The zero-order valence-electron chi connectivity index (χ0n) is 23.7. The summed E-state index contributed by atoms with van der Waals surface area (Å²) in [7, 11) is 0. The average Bonchev–Trinajstić information content (AvgIpc) is 2.75. The number of benzene rings is 2. The molecule has 0 aliphatic heterocycles. The maximum absolute atomic E-state index is 14.3. The standard InChI is InChI=1S/C30H43N3O4/c1-20(2)31-26(34)25(23-17-15-21(3)16-18-23)33(29(4,5)6)27(35)24(19-22-13-11-10-12-14-22)32-28(36)37-30(7,8)9/h10-18,20,24-25H,19H2,1-9H3,(H,31,34)(H,32,36). The fraction of sp³-hybridized carbons (Fsp3) is 0.500. The van der Waals surface area contributed by atoms with Gasteiger partial charge in [0.05, 0.1) is 0 Å². The molecule has 3 amide bonds. The summed E-state index contributed by atoms with van der Waals surface area (Å²) in [5.41, 5.74) is 1.15. The molecule has 0 aliphatic rings. The monoisotopic (exact) mass is 509 g/mol. The predicted molar refractivity (Wildman–Crippen MR) is 147 cm³/mol. The van der Waals surface area contributed by atoms with Crippen molar-refractivity contribution in [3.05, 3.63) is 71.3 Å². The van der Waals surface area contributed by atoms with E-state index in [1.807, 2.05) is 96.1 Å². The molecular formula is C30H43N3O4. The van der Waals surface area contributed by atoms with Crippen LogP contribution in [-0.2, 0) is 20.7 Å². The number of carbonyl (C=O) groups excluding carboxylic acids is 3. The predicted octanol–water partition coefficient (Wildman–Crippen LogP) is 5.32. The summed E-state index contributed by atoms with van der Waals surface area (Å²) in [5.74, 6) is -0.649. The number of rotatable bonds is 8. The molecule has 202 valence electrons. The van der Waals surface area contributed by atoms with Crippen molar-refractivity contribution < 1.29 is 19.1 Å². The second-order valence-corrected chi connectivity index (χ2v) is 11.7. The van der Waals surface area contributed by atoms with E-state index in [4.69, 9.17) is 4.74 Å². The molecule has 0 radical (unpaired) electrons. The maximum Gasteiger partial charge on any atom is 0.408 e. The average molecular weight is 510 g/mol. The summed E-state index contributed by atoms with van der Waals surface area (Å²) in [6.45, 7) is 16.7. The number of amides is 3. The van der Waals surface area contributed by atoms with Crippen molar-refractivity contribution in [3.63, 3.8) is 0 Å². The molecular weight excluding hydrogens is 466 g/mol. The van der Waals surface area contributed by atoms with Crippen molar-refractivity contribution in [1.29, 1.82) is 0 Å². The van der Waals surface area contributed by atoms with E-state index in [2.05, 4.69) is 10.6 Å². The zero-order valence-corrected chi connectivity index (χ0v) is 23.7. The van der Waals surface area contributed by atoms with E-state index in [9.17, 15) is 14.4 Å². The first-order chi connectivity index (χ1) is 17.1. The third kappa shape index (κ3) is 9.23. The van der Waals surface area contributed by atoms with Crippen molar-refractivity contribution in [2.45, 2.75) is 98.0 Å². The Morgan fingerprint density at radius 1 is 0.865 bits per heavy atom. The number of nitrogens with one attached hydrogen (secondary N) is 2. The van der Waals surface area contributed by atoms with Gasteiger partial charge in [-0.3, -0.25) is 9.59 Å². The van der Waals surface area contributed by atoms with Gasteiger partial charge in [-0.05, 0) is 73.4 Å². The van der Waals surface area contributed by atoms with Crippen LogP contribution in [-0.4, -0.2) is 46.0 Å². The van der Waals surface area contributed by atoms with Crippen LogP contribution in [0, 0.1) is 6.92 Å². The third-order valence-electron chi connectivity index (χ3n) is 5.56. The van der Waals surface area contributed by atoms with Gasteiger partial charge in [0.1, 0.15) is 17.7 Å².